The highest BCUT2D eigenvalue weighted by Gasteiger charge is 2.20. The summed E-state index contributed by atoms with van der Waals surface area (Å²) in [7, 11) is 0. The van der Waals surface area contributed by atoms with Crippen LogP contribution in [-0.4, -0.2) is 14.9 Å². The van der Waals surface area contributed by atoms with E-state index in [4.69, 9.17) is 5.73 Å². The van der Waals surface area contributed by atoms with Gasteiger partial charge in [-0.15, -0.1) is 0 Å². The Morgan fingerprint density at radius 2 is 2.29 bits per heavy atom. The zero-order valence-corrected chi connectivity index (χ0v) is 11.5. The number of hydrogen-bond acceptors (Lipinski definition) is 6. The van der Waals surface area contributed by atoms with Crippen molar-refractivity contribution >= 4 is 23.3 Å². The van der Waals surface area contributed by atoms with Gasteiger partial charge in [-0.25, -0.2) is 4.98 Å². The summed E-state index contributed by atoms with van der Waals surface area (Å²) in [5, 5.41) is 14.1. The summed E-state index contributed by atoms with van der Waals surface area (Å²) in [6.45, 7) is 5.88. The largest absolute Gasteiger partial charge is 0.378 e. The van der Waals surface area contributed by atoms with E-state index in [9.17, 15) is 10.1 Å². The third-order valence-corrected chi connectivity index (χ3v) is 2.89. The standard InChI is InChI=1S/C14H15N5O2/c1-3-11-6-12(13(19(20)21)14(15)18-11)17-8-10-5-4-9(2)16-7-10/h3-7H,1,8H2,2H3,(H3,15,17,18). The summed E-state index contributed by atoms with van der Waals surface area (Å²) in [5.74, 6) is -0.137. The van der Waals surface area contributed by atoms with Crippen LogP contribution in [0.4, 0.5) is 17.2 Å². The van der Waals surface area contributed by atoms with E-state index in [1.54, 1.807) is 12.3 Å². The summed E-state index contributed by atoms with van der Waals surface area (Å²) >= 11 is 0. The van der Waals surface area contributed by atoms with Gasteiger partial charge in [0, 0.05) is 18.4 Å². The van der Waals surface area contributed by atoms with Crippen LogP contribution in [0.25, 0.3) is 6.08 Å². The van der Waals surface area contributed by atoms with Crippen LogP contribution < -0.4 is 11.1 Å². The van der Waals surface area contributed by atoms with Gasteiger partial charge in [0.2, 0.25) is 5.82 Å². The number of rotatable bonds is 5. The first kappa shape index (κ1) is 14.4. The number of aromatic nitrogens is 2. The van der Waals surface area contributed by atoms with Crippen LogP contribution >= 0.6 is 0 Å². The fraction of sp³-hybridized carbons (Fsp3) is 0.143. The Kier molecular flexibility index (Phi) is 4.13. The maximum absolute atomic E-state index is 11.1. The van der Waals surface area contributed by atoms with E-state index in [2.05, 4.69) is 21.9 Å². The van der Waals surface area contributed by atoms with E-state index in [0.717, 1.165) is 11.3 Å². The Morgan fingerprint density at radius 3 is 2.86 bits per heavy atom. The molecule has 0 amide bonds. The zero-order valence-electron chi connectivity index (χ0n) is 11.5. The molecule has 0 aromatic carbocycles. The van der Waals surface area contributed by atoms with Gasteiger partial charge in [0.05, 0.1) is 10.6 Å². The Bertz CT molecular complexity index is 683. The minimum absolute atomic E-state index is 0.137. The number of nitro groups is 1. The fourth-order valence-corrected chi connectivity index (χ4v) is 1.81. The highest BCUT2D eigenvalue weighted by atomic mass is 16.6. The Balaban J connectivity index is 2.29. The fourth-order valence-electron chi connectivity index (χ4n) is 1.81. The van der Waals surface area contributed by atoms with Crippen LogP contribution in [0.5, 0.6) is 0 Å². The van der Waals surface area contributed by atoms with Crippen LogP contribution in [0.1, 0.15) is 17.0 Å². The second kappa shape index (κ2) is 6.00. The number of hydrogen-bond donors (Lipinski definition) is 2. The maximum Gasteiger partial charge on any atom is 0.334 e. The number of nitrogens with two attached hydrogens (primary N) is 1. The van der Waals surface area contributed by atoms with E-state index in [1.165, 1.54) is 6.08 Å². The molecule has 0 atom stereocenters. The molecule has 0 aliphatic heterocycles. The molecule has 0 spiro atoms. The van der Waals surface area contributed by atoms with Crippen molar-refractivity contribution < 1.29 is 4.92 Å². The number of nitrogen functional groups attached to an aromatic ring is 1. The minimum atomic E-state index is -0.551. The van der Waals surface area contributed by atoms with Crippen LogP contribution in [0.3, 0.4) is 0 Å². The lowest BCUT2D eigenvalue weighted by Gasteiger charge is -2.09. The maximum atomic E-state index is 11.1. The van der Waals surface area contributed by atoms with Crippen molar-refractivity contribution in [2.45, 2.75) is 13.5 Å². The van der Waals surface area contributed by atoms with E-state index in [-0.39, 0.29) is 11.5 Å². The average Bonchev–Trinajstić information content (AvgIpc) is 2.45. The highest BCUT2D eigenvalue weighted by molar-refractivity contribution is 5.74. The molecule has 21 heavy (non-hydrogen) atoms. The van der Waals surface area contributed by atoms with Crippen LogP contribution in [0.2, 0.25) is 0 Å². The molecule has 0 aliphatic carbocycles. The van der Waals surface area contributed by atoms with Gasteiger partial charge in [-0.1, -0.05) is 12.6 Å². The molecule has 2 heterocycles. The molecule has 2 rings (SSSR count). The molecule has 0 saturated carbocycles. The molecule has 3 N–H and O–H groups in total. The molecule has 0 unspecified atom stereocenters. The molecule has 7 heteroatoms. The third-order valence-electron chi connectivity index (χ3n) is 2.89. The second-order valence-electron chi connectivity index (χ2n) is 4.45. The van der Waals surface area contributed by atoms with Crippen LogP contribution in [-0.2, 0) is 6.54 Å². The lowest BCUT2D eigenvalue weighted by Crippen LogP contribution is -2.07. The van der Waals surface area contributed by atoms with Gasteiger partial charge < -0.3 is 11.1 Å². The van der Waals surface area contributed by atoms with Crippen molar-refractivity contribution in [2.75, 3.05) is 11.1 Å². The van der Waals surface area contributed by atoms with Crippen molar-refractivity contribution in [3.05, 3.63) is 58.0 Å². The van der Waals surface area contributed by atoms with Crippen molar-refractivity contribution in [3.8, 4) is 0 Å². The lowest BCUT2D eigenvalue weighted by molar-refractivity contribution is -0.383. The van der Waals surface area contributed by atoms with Crippen molar-refractivity contribution in [3.63, 3.8) is 0 Å². The van der Waals surface area contributed by atoms with Crippen molar-refractivity contribution in [2.24, 2.45) is 0 Å². The van der Waals surface area contributed by atoms with E-state index < -0.39 is 4.92 Å². The third kappa shape index (κ3) is 3.33. The molecule has 7 nitrogen and oxygen atoms in total. The van der Waals surface area contributed by atoms with Crippen molar-refractivity contribution in [1.29, 1.82) is 0 Å². The first-order valence-electron chi connectivity index (χ1n) is 6.24. The summed E-state index contributed by atoms with van der Waals surface area (Å²) in [6, 6.07) is 5.32. The van der Waals surface area contributed by atoms with Gasteiger partial charge in [0.25, 0.3) is 0 Å². The predicted octanol–water partition coefficient (Wildman–Crippen LogP) is 2.53. The average molecular weight is 285 g/mol. The van der Waals surface area contributed by atoms with E-state index >= 15 is 0 Å². The molecule has 2 aromatic heterocycles. The molecule has 0 saturated heterocycles. The van der Waals surface area contributed by atoms with Gasteiger partial charge in [-0.05, 0) is 30.7 Å². The van der Waals surface area contributed by atoms with Crippen LogP contribution in [0.15, 0.2) is 31.0 Å². The second-order valence-corrected chi connectivity index (χ2v) is 4.45. The molecule has 0 radical (unpaired) electrons. The summed E-state index contributed by atoms with van der Waals surface area (Å²) in [4.78, 5) is 18.6. The highest BCUT2D eigenvalue weighted by Crippen LogP contribution is 2.30. The van der Waals surface area contributed by atoms with Gasteiger partial charge in [0.1, 0.15) is 5.69 Å². The van der Waals surface area contributed by atoms with E-state index in [1.807, 2.05) is 19.1 Å². The molecular weight excluding hydrogens is 270 g/mol. The van der Waals surface area contributed by atoms with Crippen molar-refractivity contribution in [1.82, 2.24) is 9.97 Å². The van der Waals surface area contributed by atoms with Gasteiger partial charge >= 0.3 is 5.69 Å². The molecule has 2 aromatic rings. The molecule has 0 fully saturated rings. The number of nitrogens with one attached hydrogen (secondary N) is 1. The molecule has 0 bridgehead atoms. The zero-order chi connectivity index (χ0) is 15.4. The Morgan fingerprint density at radius 1 is 1.52 bits per heavy atom. The number of anilines is 2. The monoisotopic (exact) mass is 285 g/mol. The predicted molar refractivity (Wildman–Crippen MR) is 81.7 cm³/mol. The first-order valence-corrected chi connectivity index (χ1v) is 6.24. The smallest absolute Gasteiger partial charge is 0.334 e. The number of aryl methyl sites for hydroxylation is 1. The Labute approximate surface area is 121 Å². The summed E-state index contributed by atoms with van der Waals surface area (Å²) < 4.78 is 0. The molecular formula is C14H15N5O2. The quantitative estimate of drug-likeness (QED) is 0.645. The van der Waals surface area contributed by atoms with Gasteiger partial charge in [0.15, 0.2) is 0 Å². The SMILES string of the molecule is C=Cc1cc(NCc2ccc(C)nc2)c([N+](=O)[O-])c(N)n1. The van der Waals surface area contributed by atoms with E-state index in [0.29, 0.717) is 17.9 Å². The topological polar surface area (TPSA) is 107 Å². The normalized spacial score (nSPS) is 10.1. The van der Waals surface area contributed by atoms with Gasteiger partial charge in [-0.2, -0.15) is 0 Å². The van der Waals surface area contributed by atoms with Gasteiger partial charge in [-0.3, -0.25) is 15.1 Å². The molecule has 108 valence electrons. The number of pyridine rings is 2. The van der Waals surface area contributed by atoms with Crippen LogP contribution in [0, 0.1) is 17.0 Å². The number of nitrogens with zero attached hydrogens (tertiary/aromatic N) is 3. The lowest BCUT2D eigenvalue weighted by atomic mass is 10.2. The minimum Gasteiger partial charge on any atom is -0.378 e. The first-order chi connectivity index (χ1) is 10.0. The Hall–Kier alpha value is -2.96. The molecule has 0 aliphatic rings. The summed E-state index contributed by atoms with van der Waals surface area (Å²) in [5.41, 5.74) is 8.00. The summed E-state index contributed by atoms with van der Waals surface area (Å²) in [6.07, 6.45) is 3.20.